The third-order valence-corrected chi connectivity index (χ3v) is 4.16. The van der Waals surface area contributed by atoms with Crippen LogP contribution in [0, 0.1) is 6.92 Å². The van der Waals surface area contributed by atoms with Crippen LogP contribution < -0.4 is 21.1 Å². The molecule has 1 amide bonds. The van der Waals surface area contributed by atoms with Gasteiger partial charge in [-0.05, 0) is 36.2 Å². The summed E-state index contributed by atoms with van der Waals surface area (Å²) in [4.78, 5) is 16.0. The van der Waals surface area contributed by atoms with Gasteiger partial charge in [-0.15, -0.1) is 0 Å². The summed E-state index contributed by atoms with van der Waals surface area (Å²) in [6.07, 6.45) is 1.48. The first-order valence-corrected chi connectivity index (χ1v) is 8.56. The number of anilines is 3. The van der Waals surface area contributed by atoms with E-state index in [1.807, 2.05) is 55.5 Å². The second kappa shape index (κ2) is 8.23. The molecule has 3 aromatic rings. The lowest BCUT2D eigenvalue weighted by atomic mass is 10.1. The zero-order valence-corrected chi connectivity index (χ0v) is 15.3. The topological polar surface area (TPSA) is 89.3 Å². The summed E-state index contributed by atoms with van der Waals surface area (Å²) in [6.45, 7) is 2.55. The van der Waals surface area contributed by atoms with Crippen LogP contribution in [-0.4, -0.2) is 18.0 Å². The van der Waals surface area contributed by atoms with Gasteiger partial charge >= 0.3 is 0 Å². The number of benzene rings is 2. The van der Waals surface area contributed by atoms with Crippen molar-refractivity contribution in [1.82, 2.24) is 4.98 Å². The van der Waals surface area contributed by atoms with Gasteiger partial charge in [-0.25, -0.2) is 4.98 Å². The number of nitrogens with zero attached hydrogens (tertiary/aromatic N) is 1. The number of carbonyl (C=O) groups is 1. The summed E-state index contributed by atoms with van der Waals surface area (Å²) >= 11 is 0. The SMILES string of the molecule is COc1ccc(Nc2cc(NCc3ccccc3)c(C(N)=O)cn2)cc1C. The molecule has 1 aromatic heterocycles. The van der Waals surface area contributed by atoms with E-state index in [9.17, 15) is 4.79 Å². The predicted molar refractivity (Wildman–Crippen MR) is 108 cm³/mol. The molecule has 3 rings (SSSR count). The Hall–Kier alpha value is -3.54. The fourth-order valence-electron chi connectivity index (χ4n) is 2.76. The molecule has 2 aromatic carbocycles. The number of nitrogens with one attached hydrogen (secondary N) is 2. The summed E-state index contributed by atoms with van der Waals surface area (Å²) < 4.78 is 5.28. The molecule has 0 atom stereocenters. The van der Waals surface area contributed by atoms with Gasteiger partial charge in [0.2, 0.25) is 0 Å². The highest BCUT2D eigenvalue weighted by Crippen LogP contribution is 2.25. The van der Waals surface area contributed by atoms with Gasteiger partial charge in [0.1, 0.15) is 11.6 Å². The van der Waals surface area contributed by atoms with Gasteiger partial charge in [-0.2, -0.15) is 0 Å². The lowest BCUT2D eigenvalue weighted by Gasteiger charge is -2.13. The summed E-state index contributed by atoms with van der Waals surface area (Å²) in [7, 11) is 1.64. The van der Waals surface area contributed by atoms with Gasteiger partial charge in [-0.3, -0.25) is 4.79 Å². The Balaban J connectivity index is 1.82. The standard InChI is InChI=1S/C21H22N4O2/c1-14-10-16(8-9-19(14)27-2)25-20-11-18(17(13-24-20)21(22)26)23-12-15-6-4-3-5-7-15/h3-11,13H,12H2,1-2H3,(H2,22,26)(H2,23,24,25). The molecule has 138 valence electrons. The van der Waals surface area contributed by atoms with Crippen molar-refractivity contribution < 1.29 is 9.53 Å². The highest BCUT2D eigenvalue weighted by Gasteiger charge is 2.11. The summed E-state index contributed by atoms with van der Waals surface area (Å²) in [5.41, 5.74) is 9.46. The maximum atomic E-state index is 11.7. The average Bonchev–Trinajstić information content (AvgIpc) is 2.67. The van der Waals surface area contributed by atoms with E-state index in [1.54, 1.807) is 13.2 Å². The summed E-state index contributed by atoms with van der Waals surface area (Å²) in [6, 6.07) is 17.5. The van der Waals surface area contributed by atoms with E-state index in [0.717, 1.165) is 22.6 Å². The van der Waals surface area contributed by atoms with Crippen molar-refractivity contribution in [2.24, 2.45) is 5.73 Å². The van der Waals surface area contributed by atoms with E-state index in [-0.39, 0.29) is 0 Å². The summed E-state index contributed by atoms with van der Waals surface area (Å²) in [5, 5.41) is 6.51. The third-order valence-electron chi connectivity index (χ3n) is 4.16. The van der Waals surface area contributed by atoms with Crippen molar-refractivity contribution in [2.75, 3.05) is 17.7 Å². The number of ether oxygens (including phenoxy) is 1. The zero-order chi connectivity index (χ0) is 19.2. The number of hydrogen-bond donors (Lipinski definition) is 3. The third kappa shape index (κ3) is 4.55. The molecule has 0 aliphatic carbocycles. The smallest absolute Gasteiger partial charge is 0.252 e. The van der Waals surface area contributed by atoms with Crippen LogP contribution in [0.2, 0.25) is 0 Å². The normalized spacial score (nSPS) is 10.3. The first-order valence-electron chi connectivity index (χ1n) is 8.56. The molecule has 0 aliphatic rings. The fraction of sp³-hybridized carbons (Fsp3) is 0.143. The predicted octanol–water partition coefficient (Wildman–Crippen LogP) is 3.85. The Labute approximate surface area is 158 Å². The van der Waals surface area contributed by atoms with Crippen molar-refractivity contribution in [2.45, 2.75) is 13.5 Å². The van der Waals surface area contributed by atoms with Crippen LogP contribution >= 0.6 is 0 Å². The Morgan fingerprint density at radius 1 is 1.15 bits per heavy atom. The number of aromatic nitrogens is 1. The number of carbonyl (C=O) groups excluding carboxylic acids is 1. The Morgan fingerprint density at radius 2 is 1.93 bits per heavy atom. The molecule has 0 saturated carbocycles. The molecule has 0 fully saturated rings. The number of nitrogens with two attached hydrogens (primary N) is 1. The number of amides is 1. The molecule has 0 unspecified atom stereocenters. The Kier molecular flexibility index (Phi) is 5.56. The molecule has 4 N–H and O–H groups in total. The number of rotatable bonds is 7. The van der Waals surface area contributed by atoms with Crippen molar-refractivity contribution in [3.05, 3.63) is 77.5 Å². The highest BCUT2D eigenvalue weighted by atomic mass is 16.5. The second-order valence-corrected chi connectivity index (χ2v) is 6.13. The van der Waals surface area contributed by atoms with Crippen LogP contribution in [0.4, 0.5) is 17.2 Å². The van der Waals surface area contributed by atoms with Crippen LogP contribution in [0.5, 0.6) is 5.75 Å². The van der Waals surface area contributed by atoms with Crippen LogP contribution in [0.25, 0.3) is 0 Å². The van der Waals surface area contributed by atoms with Crippen molar-refractivity contribution in [3.63, 3.8) is 0 Å². The van der Waals surface area contributed by atoms with E-state index < -0.39 is 5.91 Å². The lowest BCUT2D eigenvalue weighted by Crippen LogP contribution is -2.15. The molecule has 0 aliphatic heterocycles. The maximum absolute atomic E-state index is 11.7. The first kappa shape index (κ1) is 18.3. The molecule has 27 heavy (non-hydrogen) atoms. The van der Waals surface area contributed by atoms with Gasteiger partial charge in [0.15, 0.2) is 0 Å². The number of aryl methyl sites for hydroxylation is 1. The van der Waals surface area contributed by atoms with E-state index in [4.69, 9.17) is 10.5 Å². The van der Waals surface area contributed by atoms with E-state index in [1.165, 1.54) is 6.20 Å². The number of primary amides is 1. The molecule has 6 nitrogen and oxygen atoms in total. The van der Waals surface area contributed by atoms with Gasteiger partial charge < -0.3 is 21.1 Å². The monoisotopic (exact) mass is 362 g/mol. The fourth-order valence-corrected chi connectivity index (χ4v) is 2.76. The number of hydrogen-bond acceptors (Lipinski definition) is 5. The number of pyridine rings is 1. The molecular formula is C21H22N4O2. The molecule has 0 saturated heterocycles. The Bertz CT molecular complexity index is 942. The quantitative estimate of drug-likeness (QED) is 0.594. The average molecular weight is 362 g/mol. The minimum atomic E-state index is -0.523. The molecular weight excluding hydrogens is 340 g/mol. The first-order chi connectivity index (χ1) is 13.1. The van der Waals surface area contributed by atoms with E-state index in [2.05, 4.69) is 15.6 Å². The molecule has 0 bridgehead atoms. The zero-order valence-electron chi connectivity index (χ0n) is 15.3. The van der Waals surface area contributed by atoms with Crippen LogP contribution in [-0.2, 0) is 6.54 Å². The molecule has 1 heterocycles. The van der Waals surface area contributed by atoms with Crippen molar-refractivity contribution in [3.8, 4) is 5.75 Å². The number of methoxy groups -OCH3 is 1. The molecule has 6 heteroatoms. The van der Waals surface area contributed by atoms with Gasteiger partial charge in [0.25, 0.3) is 5.91 Å². The lowest BCUT2D eigenvalue weighted by molar-refractivity contribution is 0.100. The second-order valence-electron chi connectivity index (χ2n) is 6.13. The largest absolute Gasteiger partial charge is 0.496 e. The van der Waals surface area contributed by atoms with Crippen molar-refractivity contribution in [1.29, 1.82) is 0 Å². The summed E-state index contributed by atoms with van der Waals surface area (Å²) in [5.74, 6) is 0.910. The molecule has 0 radical (unpaired) electrons. The molecule has 0 spiro atoms. The van der Waals surface area contributed by atoms with Gasteiger partial charge in [-0.1, -0.05) is 30.3 Å². The van der Waals surface area contributed by atoms with Crippen LogP contribution in [0.1, 0.15) is 21.5 Å². The van der Waals surface area contributed by atoms with Crippen LogP contribution in [0.3, 0.4) is 0 Å². The van der Waals surface area contributed by atoms with E-state index in [0.29, 0.717) is 23.6 Å². The van der Waals surface area contributed by atoms with Gasteiger partial charge in [0.05, 0.1) is 18.4 Å². The van der Waals surface area contributed by atoms with E-state index >= 15 is 0 Å². The maximum Gasteiger partial charge on any atom is 0.252 e. The minimum Gasteiger partial charge on any atom is -0.496 e. The van der Waals surface area contributed by atoms with Crippen LogP contribution in [0.15, 0.2) is 60.8 Å². The van der Waals surface area contributed by atoms with Crippen molar-refractivity contribution >= 4 is 23.1 Å². The Morgan fingerprint density at radius 3 is 2.59 bits per heavy atom. The minimum absolute atomic E-state index is 0.349. The van der Waals surface area contributed by atoms with Gasteiger partial charge in [0, 0.05) is 24.5 Å². The highest BCUT2D eigenvalue weighted by molar-refractivity contribution is 5.98.